The van der Waals surface area contributed by atoms with Gasteiger partial charge in [0.1, 0.15) is 5.75 Å². The lowest BCUT2D eigenvalue weighted by Crippen LogP contribution is -2.32. The Labute approximate surface area is 111 Å². The van der Waals surface area contributed by atoms with Crippen LogP contribution in [0.15, 0.2) is 22.7 Å². The maximum atomic E-state index is 6.23. The number of benzene rings is 1. The van der Waals surface area contributed by atoms with Crippen molar-refractivity contribution in [3.8, 4) is 5.75 Å². The third-order valence-corrected chi connectivity index (χ3v) is 4.20. The van der Waals surface area contributed by atoms with Crippen molar-refractivity contribution in [2.75, 3.05) is 20.2 Å². The molecular formula is C13H19BrN2O. The Kier molecular flexibility index (Phi) is 4.07. The first kappa shape index (κ1) is 12.9. The number of methoxy groups -OCH3 is 1. The van der Waals surface area contributed by atoms with Crippen molar-refractivity contribution in [1.82, 2.24) is 4.90 Å². The molecule has 2 N–H and O–H groups in total. The highest BCUT2D eigenvalue weighted by Crippen LogP contribution is 2.36. The number of halogens is 1. The second-order valence-corrected chi connectivity index (χ2v) is 5.27. The zero-order valence-electron chi connectivity index (χ0n) is 10.3. The summed E-state index contributed by atoms with van der Waals surface area (Å²) in [6.07, 6.45) is 1.06. The molecule has 1 aliphatic rings. The van der Waals surface area contributed by atoms with E-state index in [4.69, 9.17) is 10.5 Å². The Morgan fingerprint density at radius 3 is 2.94 bits per heavy atom. The summed E-state index contributed by atoms with van der Waals surface area (Å²) in [5, 5.41) is 0. The smallest absolute Gasteiger partial charge is 0.119 e. The topological polar surface area (TPSA) is 38.5 Å². The van der Waals surface area contributed by atoms with Crippen molar-refractivity contribution in [3.63, 3.8) is 0 Å². The van der Waals surface area contributed by atoms with Gasteiger partial charge in [0, 0.05) is 17.1 Å². The van der Waals surface area contributed by atoms with Gasteiger partial charge in [-0.2, -0.15) is 0 Å². The largest absolute Gasteiger partial charge is 0.497 e. The van der Waals surface area contributed by atoms with Gasteiger partial charge in [0.25, 0.3) is 0 Å². The van der Waals surface area contributed by atoms with Crippen LogP contribution in [0.2, 0.25) is 0 Å². The molecule has 0 saturated carbocycles. The van der Waals surface area contributed by atoms with E-state index in [1.165, 1.54) is 5.56 Å². The first-order chi connectivity index (χ1) is 8.17. The van der Waals surface area contributed by atoms with Crippen LogP contribution in [-0.2, 0) is 0 Å². The van der Waals surface area contributed by atoms with Gasteiger partial charge in [0.2, 0.25) is 0 Å². The summed E-state index contributed by atoms with van der Waals surface area (Å²) >= 11 is 3.62. The number of nitrogens with zero attached hydrogens (tertiary/aromatic N) is 1. The molecule has 0 amide bonds. The molecule has 1 fully saturated rings. The van der Waals surface area contributed by atoms with Crippen molar-refractivity contribution in [2.45, 2.75) is 25.4 Å². The van der Waals surface area contributed by atoms with Crippen LogP contribution in [0.5, 0.6) is 5.75 Å². The van der Waals surface area contributed by atoms with Gasteiger partial charge in [-0.1, -0.05) is 22.9 Å². The molecule has 1 aromatic rings. The molecule has 1 aromatic carbocycles. The lowest BCUT2D eigenvalue weighted by atomic mass is 10.0. The second-order valence-electron chi connectivity index (χ2n) is 4.41. The van der Waals surface area contributed by atoms with Crippen LogP contribution in [0.25, 0.3) is 0 Å². The molecule has 2 atom stereocenters. The lowest BCUT2D eigenvalue weighted by molar-refractivity contribution is 0.260. The summed E-state index contributed by atoms with van der Waals surface area (Å²) in [4.78, 5) is 2.42. The highest BCUT2D eigenvalue weighted by molar-refractivity contribution is 9.10. The van der Waals surface area contributed by atoms with E-state index in [1.54, 1.807) is 7.11 Å². The van der Waals surface area contributed by atoms with E-state index >= 15 is 0 Å². The maximum Gasteiger partial charge on any atom is 0.119 e. The SMILES string of the molecule is CCN1CCC(N)C1c1cc(OC)ccc1Br. The van der Waals surface area contributed by atoms with Crippen molar-refractivity contribution < 1.29 is 4.74 Å². The molecular weight excluding hydrogens is 280 g/mol. The Bertz CT molecular complexity index is 397. The molecule has 94 valence electrons. The molecule has 0 aromatic heterocycles. The Balaban J connectivity index is 2.37. The van der Waals surface area contributed by atoms with Gasteiger partial charge < -0.3 is 10.5 Å². The molecule has 2 rings (SSSR count). The van der Waals surface area contributed by atoms with E-state index < -0.39 is 0 Å². The maximum absolute atomic E-state index is 6.23. The normalized spacial score (nSPS) is 25.2. The predicted octanol–water partition coefficient (Wildman–Crippen LogP) is 2.55. The summed E-state index contributed by atoms with van der Waals surface area (Å²) in [6.45, 7) is 4.28. The minimum Gasteiger partial charge on any atom is -0.497 e. The van der Waals surface area contributed by atoms with Crippen LogP contribution >= 0.6 is 15.9 Å². The van der Waals surface area contributed by atoms with Crippen LogP contribution in [0.1, 0.15) is 24.9 Å². The molecule has 3 nitrogen and oxygen atoms in total. The van der Waals surface area contributed by atoms with Crippen molar-refractivity contribution >= 4 is 15.9 Å². The average Bonchev–Trinajstić information content (AvgIpc) is 2.71. The fourth-order valence-corrected chi connectivity index (χ4v) is 3.02. The monoisotopic (exact) mass is 298 g/mol. The number of rotatable bonds is 3. The quantitative estimate of drug-likeness (QED) is 0.932. The van der Waals surface area contributed by atoms with E-state index in [1.807, 2.05) is 12.1 Å². The van der Waals surface area contributed by atoms with Crippen molar-refractivity contribution in [2.24, 2.45) is 5.73 Å². The summed E-state index contributed by atoms with van der Waals surface area (Å²) < 4.78 is 6.40. The Morgan fingerprint density at radius 2 is 2.29 bits per heavy atom. The highest BCUT2D eigenvalue weighted by Gasteiger charge is 2.33. The van der Waals surface area contributed by atoms with Gasteiger partial charge in [-0.15, -0.1) is 0 Å². The van der Waals surface area contributed by atoms with Gasteiger partial charge in [0.05, 0.1) is 13.2 Å². The molecule has 17 heavy (non-hydrogen) atoms. The van der Waals surface area contributed by atoms with Crippen molar-refractivity contribution in [1.29, 1.82) is 0 Å². The first-order valence-electron chi connectivity index (χ1n) is 6.00. The minimum absolute atomic E-state index is 0.207. The molecule has 0 radical (unpaired) electrons. The fourth-order valence-electron chi connectivity index (χ4n) is 2.54. The van der Waals surface area contributed by atoms with E-state index in [2.05, 4.69) is 33.8 Å². The Hall–Kier alpha value is -0.580. The summed E-state index contributed by atoms with van der Waals surface area (Å²) in [5.41, 5.74) is 7.47. The van der Waals surface area contributed by atoms with Crippen LogP contribution < -0.4 is 10.5 Å². The predicted molar refractivity (Wildman–Crippen MR) is 73.3 cm³/mol. The van der Waals surface area contributed by atoms with E-state index in [-0.39, 0.29) is 6.04 Å². The molecule has 0 bridgehead atoms. The minimum atomic E-state index is 0.207. The molecule has 1 aliphatic heterocycles. The fraction of sp³-hybridized carbons (Fsp3) is 0.538. The van der Waals surface area contributed by atoms with Crippen molar-refractivity contribution in [3.05, 3.63) is 28.2 Å². The van der Waals surface area contributed by atoms with E-state index in [0.29, 0.717) is 6.04 Å². The van der Waals surface area contributed by atoms with Crippen LogP contribution in [-0.4, -0.2) is 31.1 Å². The third-order valence-electron chi connectivity index (χ3n) is 3.48. The number of hydrogen-bond acceptors (Lipinski definition) is 3. The van der Waals surface area contributed by atoms with Crippen LogP contribution in [0.4, 0.5) is 0 Å². The highest BCUT2D eigenvalue weighted by atomic mass is 79.9. The molecule has 0 aliphatic carbocycles. The number of ether oxygens (including phenoxy) is 1. The number of hydrogen-bond donors (Lipinski definition) is 1. The first-order valence-corrected chi connectivity index (χ1v) is 6.79. The summed E-state index contributed by atoms with van der Waals surface area (Å²) in [7, 11) is 1.69. The standard InChI is InChI=1S/C13H19BrN2O/c1-3-16-7-6-12(15)13(16)10-8-9(17-2)4-5-11(10)14/h4-5,8,12-13H,3,6-7,15H2,1-2H3. The zero-order valence-corrected chi connectivity index (χ0v) is 11.9. The van der Waals surface area contributed by atoms with Crippen LogP contribution in [0, 0.1) is 0 Å². The van der Waals surface area contributed by atoms with Gasteiger partial charge in [-0.05, 0) is 36.7 Å². The van der Waals surface area contributed by atoms with Gasteiger partial charge >= 0.3 is 0 Å². The molecule has 1 heterocycles. The average molecular weight is 299 g/mol. The van der Waals surface area contributed by atoms with Gasteiger partial charge in [-0.3, -0.25) is 4.90 Å². The van der Waals surface area contributed by atoms with E-state index in [9.17, 15) is 0 Å². The van der Waals surface area contributed by atoms with Gasteiger partial charge in [0.15, 0.2) is 0 Å². The molecule has 4 heteroatoms. The molecule has 1 saturated heterocycles. The second kappa shape index (κ2) is 5.38. The lowest BCUT2D eigenvalue weighted by Gasteiger charge is -2.27. The molecule has 0 spiro atoms. The molecule has 2 unspecified atom stereocenters. The van der Waals surface area contributed by atoms with E-state index in [0.717, 1.165) is 29.7 Å². The van der Waals surface area contributed by atoms with Gasteiger partial charge in [-0.25, -0.2) is 0 Å². The number of likely N-dealkylation sites (N-methyl/N-ethyl adjacent to an activating group) is 1. The summed E-state index contributed by atoms with van der Waals surface area (Å²) in [5.74, 6) is 0.887. The number of likely N-dealkylation sites (tertiary alicyclic amines) is 1. The Morgan fingerprint density at radius 1 is 1.53 bits per heavy atom. The zero-order chi connectivity index (χ0) is 12.4. The number of nitrogens with two attached hydrogens (primary N) is 1. The summed E-state index contributed by atoms with van der Waals surface area (Å²) in [6, 6.07) is 6.59. The third kappa shape index (κ3) is 2.49. The van der Waals surface area contributed by atoms with Crippen LogP contribution in [0.3, 0.4) is 0 Å².